The smallest absolute Gasteiger partial charge is 0.261 e. The number of aromatic nitrogens is 3. The highest BCUT2D eigenvalue weighted by Crippen LogP contribution is 2.13. The van der Waals surface area contributed by atoms with Crippen molar-refractivity contribution >= 4 is 0 Å². The first-order valence-corrected chi connectivity index (χ1v) is 4.49. The van der Waals surface area contributed by atoms with Crippen LogP contribution in [-0.2, 0) is 11.8 Å². The van der Waals surface area contributed by atoms with Crippen LogP contribution in [-0.4, -0.2) is 39.7 Å². The molecule has 1 rings (SSSR count). The number of aliphatic hydroxyl groups excluding tert-OH is 1. The van der Waals surface area contributed by atoms with Crippen molar-refractivity contribution in [2.45, 2.75) is 19.0 Å². The first-order chi connectivity index (χ1) is 7.11. The van der Waals surface area contributed by atoms with E-state index in [1.54, 1.807) is 7.05 Å². The zero-order valence-corrected chi connectivity index (χ0v) is 8.31. The third-order valence-corrected chi connectivity index (χ3v) is 1.87. The summed E-state index contributed by atoms with van der Waals surface area (Å²) in [6, 6.07) is 0. The molecule has 0 fully saturated rings. The highest BCUT2D eigenvalue weighted by molar-refractivity contribution is 4.97. The standard InChI is InChI=1S/C8H13F2N3O2/c1-13-6(4-11-12-13)7(14)2-3-15-5-8(9)10/h4,7-8,14H,2-3,5H2,1H3. The van der Waals surface area contributed by atoms with Gasteiger partial charge in [0.2, 0.25) is 0 Å². The van der Waals surface area contributed by atoms with Crippen molar-refractivity contribution < 1.29 is 18.6 Å². The van der Waals surface area contributed by atoms with Crippen LogP contribution in [0.25, 0.3) is 0 Å². The van der Waals surface area contributed by atoms with Gasteiger partial charge in [0.25, 0.3) is 6.43 Å². The average Bonchev–Trinajstić information content (AvgIpc) is 2.58. The minimum absolute atomic E-state index is 0.0800. The van der Waals surface area contributed by atoms with Gasteiger partial charge < -0.3 is 9.84 Å². The van der Waals surface area contributed by atoms with Crippen molar-refractivity contribution in [2.24, 2.45) is 7.05 Å². The normalized spacial score (nSPS) is 13.4. The van der Waals surface area contributed by atoms with Gasteiger partial charge in [-0.1, -0.05) is 5.21 Å². The fourth-order valence-corrected chi connectivity index (χ4v) is 1.11. The van der Waals surface area contributed by atoms with Gasteiger partial charge >= 0.3 is 0 Å². The number of aliphatic hydroxyl groups is 1. The van der Waals surface area contributed by atoms with Crippen LogP contribution in [0.15, 0.2) is 6.20 Å². The van der Waals surface area contributed by atoms with Crippen molar-refractivity contribution in [3.8, 4) is 0 Å². The van der Waals surface area contributed by atoms with E-state index in [-0.39, 0.29) is 13.0 Å². The second-order valence-corrected chi connectivity index (χ2v) is 3.05. The lowest BCUT2D eigenvalue weighted by atomic mass is 10.2. The van der Waals surface area contributed by atoms with Gasteiger partial charge in [0.1, 0.15) is 6.61 Å². The molecule has 0 saturated carbocycles. The van der Waals surface area contributed by atoms with E-state index in [9.17, 15) is 13.9 Å². The maximum atomic E-state index is 11.7. The number of aryl methyl sites for hydroxylation is 1. The van der Waals surface area contributed by atoms with Crippen LogP contribution in [0.4, 0.5) is 8.78 Å². The van der Waals surface area contributed by atoms with E-state index in [0.29, 0.717) is 5.69 Å². The molecule has 0 bridgehead atoms. The Hall–Kier alpha value is -1.08. The van der Waals surface area contributed by atoms with Gasteiger partial charge in [-0.2, -0.15) is 0 Å². The number of alkyl halides is 2. The van der Waals surface area contributed by atoms with Crippen molar-refractivity contribution in [2.75, 3.05) is 13.2 Å². The van der Waals surface area contributed by atoms with Crippen LogP contribution >= 0.6 is 0 Å². The summed E-state index contributed by atoms with van der Waals surface area (Å²) in [5.41, 5.74) is 0.538. The molecule has 1 aromatic heterocycles. The molecule has 0 aromatic carbocycles. The molecule has 7 heteroatoms. The maximum absolute atomic E-state index is 11.7. The zero-order valence-electron chi connectivity index (χ0n) is 8.31. The fraction of sp³-hybridized carbons (Fsp3) is 0.750. The summed E-state index contributed by atoms with van der Waals surface area (Å²) < 4.78 is 29.4. The SMILES string of the molecule is Cn1nncc1C(O)CCOCC(F)F. The summed E-state index contributed by atoms with van der Waals surface area (Å²) in [4.78, 5) is 0. The molecule has 1 unspecified atom stereocenters. The molecule has 1 N–H and O–H groups in total. The quantitative estimate of drug-likeness (QED) is 0.711. The Balaban J connectivity index is 2.25. The summed E-state index contributed by atoms with van der Waals surface area (Å²) in [6.45, 7) is -0.521. The predicted octanol–water partition coefficient (Wildman–Crippen LogP) is 0.520. The van der Waals surface area contributed by atoms with Gasteiger partial charge in [-0.25, -0.2) is 13.5 Å². The van der Waals surface area contributed by atoms with Gasteiger partial charge in [-0.05, 0) is 0 Å². The van der Waals surface area contributed by atoms with Crippen LogP contribution in [0.5, 0.6) is 0 Å². The van der Waals surface area contributed by atoms with E-state index >= 15 is 0 Å². The number of halogens is 2. The van der Waals surface area contributed by atoms with Gasteiger partial charge in [-0.15, -0.1) is 5.10 Å². The molecule has 5 nitrogen and oxygen atoms in total. The van der Waals surface area contributed by atoms with Crippen LogP contribution in [0.2, 0.25) is 0 Å². The second-order valence-electron chi connectivity index (χ2n) is 3.05. The van der Waals surface area contributed by atoms with E-state index in [1.165, 1.54) is 10.9 Å². The Morgan fingerprint density at radius 2 is 2.33 bits per heavy atom. The molecule has 0 aliphatic rings. The summed E-state index contributed by atoms with van der Waals surface area (Å²) in [7, 11) is 1.64. The van der Waals surface area contributed by atoms with E-state index < -0.39 is 19.1 Å². The molecule has 1 aromatic rings. The van der Waals surface area contributed by atoms with Crippen LogP contribution in [0, 0.1) is 0 Å². The fourth-order valence-electron chi connectivity index (χ4n) is 1.11. The predicted molar refractivity (Wildman–Crippen MR) is 47.4 cm³/mol. The zero-order chi connectivity index (χ0) is 11.3. The summed E-state index contributed by atoms with van der Waals surface area (Å²) >= 11 is 0. The summed E-state index contributed by atoms with van der Waals surface area (Å²) in [5, 5.41) is 16.8. The Morgan fingerprint density at radius 3 is 2.87 bits per heavy atom. The van der Waals surface area contributed by atoms with E-state index in [2.05, 4.69) is 15.0 Å². The topological polar surface area (TPSA) is 60.2 Å². The monoisotopic (exact) mass is 221 g/mol. The molecule has 0 aliphatic carbocycles. The van der Waals surface area contributed by atoms with Gasteiger partial charge in [-0.3, -0.25) is 0 Å². The third-order valence-electron chi connectivity index (χ3n) is 1.87. The maximum Gasteiger partial charge on any atom is 0.261 e. The van der Waals surface area contributed by atoms with Gasteiger partial charge in [0.15, 0.2) is 0 Å². The lowest BCUT2D eigenvalue weighted by molar-refractivity contribution is 0.00403. The van der Waals surface area contributed by atoms with E-state index in [0.717, 1.165) is 0 Å². The third kappa shape index (κ3) is 3.88. The average molecular weight is 221 g/mol. The number of rotatable bonds is 6. The number of hydrogen-bond donors (Lipinski definition) is 1. The van der Waals surface area contributed by atoms with Crippen LogP contribution in [0.1, 0.15) is 18.2 Å². The highest BCUT2D eigenvalue weighted by Gasteiger charge is 2.12. The molecule has 0 aliphatic heterocycles. The molecular weight excluding hydrogens is 208 g/mol. The molecule has 1 atom stereocenters. The van der Waals surface area contributed by atoms with Gasteiger partial charge in [0.05, 0.1) is 18.0 Å². The summed E-state index contributed by atoms with van der Waals surface area (Å²) in [5.74, 6) is 0. The lowest BCUT2D eigenvalue weighted by Gasteiger charge is -2.10. The van der Waals surface area contributed by atoms with Crippen molar-refractivity contribution in [1.29, 1.82) is 0 Å². The minimum atomic E-state index is -2.47. The summed E-state index contributed by atoms with van der Waals surface area (Å²) in [6.07, 6.45) is -1.59. The van der Waals surface area contributed by atoms with Crippen molar-refractivity contribution in [1.82, 2.24) is 15.0 Å². The minimum Gasteiger partial charge on any atom is -0.387 e. The first kappa shape index (κ1) is 12.0. The second kappa shape index (κ2) is 5.72. The highest BCUT2D eigenvalue weighted by atomic mass is 19.3. The molecule has 0 saturated heterocycles. The first-order valence-electron chi connectivity index (χ1n) is 4.49. The molecule has 0 spiro atoms. The van der Waals surface area contributed by atoms with Gasteiger partial charge in [0, 0.05) is 20.1 Å². The number of nitrogens with zero attached hydrogens (tertiary/aromatic N) is 3. The molecule has 1 heterocycles. The van der Waals surface area contributed by atoms with E-state index in [1.807, 2.05) is 0 Å². The Kier molecular flexibility index (Phi) is 4.57. The lowest BCUT2D eigenvalue weighted by Crippen LogP contribution is -2.10. The Morgan fingerprint density at radius 1 is 1.60 bits per heavy atom. The Bertz CT molecular complexity index is 293. The molecule has 15 heavy (non-hydrogen) atoms. The van der Waals surface area contributed by atoms with Crippen LogP contribution in [0.3, 0.4) is 0 Å². The molecule has 0 amide bonds. The van der Waals surface area contributed by atoms with Crippen LogP contribution < -0.4 is 0 Å². The van der Waals surface area contributed by atoms with E-state index in [4.69, 9.17) is 0 Å². The molecule has 0 radical (unpaired) electrons. The molecule has 86 valence electrons. The number of ether oxygens (including phenoxy) is 1. The number of hydrogen-bond acceptors (Lipinski definition) is 4. The van der Waals surface area contributed by atoms with Crippen molar-refractivity contribution in [3.05, 3.63) is 11.9 Å². The Labute approximate surface area is 85.7 Å². The van der Waals surface area contributed by atoms with Crippen molar-refractivity contribution in [3.63, 3.8) is 0 Å². The molecular formula is C8H13F2N3O2. The largest absolute Gasteiger partial charge is 0.387 e.